The van der Waals surface area contributed by atoms with Crippen LogP contribution >= 0.6 is 0 Å². The largest absolute Gasteiger partial charge is 0.394 e. The Hall–Kier alpha value is -1.13. The molecule has 114 valence electrons. The fraction of sp³-hybridized carbons (Fsp3) is 0.625. The van der Waals surface area contributed by atoms with Gasteiger partial charge in [0, 0.05) is 18.8 Å². The van der Waals surface area contributed by atoms with Gasteiger partial charge in [-0.2, -0.15) is 0 Å². The van der Waals surface area contributed by atoms with Gasteiger partial charge in [0.05, 0.1) is 12.1 Å². The summed E-state index contributed by atoms with van der Waals surface area (Å²) >= 11 is 0. The van der Waals surface area contributed by atoms with Crippen molar-refractivity contribution in [1.82, 2.24) is 5.32 Å². The molecule has 0 aromatic heterocycles. The van der Waals surface area contributed by atoms with Gasteiger partial charge in [0.15, 0.2) is 0 Å². The molecular formula is C16H27FN2O. The zero-order valence-electron chi connectivity index (χ0n) is 13.4. The third kappa shape index (κ3) is 3.49. The van der Waals surface area contributed by atoms with Crippen molar-refractivity contribution < 1.29 is 9.50 Å². The van der Waals surface area contributed by atoms with Gasteiger partial charge in [0.1, 0.15) is 5.82 Å². The first kappa shape index (κ1) is 16.9. The Bertz CT molecular complexity index is 460. The van der Waals surface area contributed by atoms with Crippen LogP contribution in [0.3, 0.4) is 0 Å². The smallest absolute Gasteiger partial charge is 0.126 e. The van der Waals surface area contributed by atoms with Gasteiger partial charge in [-0.15, -0.1) is 0 Å². The number of aliphatic hydroxyl groups is 1. The molecule has 1 unspecified atom stereocenters. The SMILES string of the molecule is CCNC(C)c1cc(F)c(C)cc1N(C)C(C)(C)CO. The number of aliphatic hydroxyl groups excluding tert-OH is 1. The van der Waals surface area contributed by atoms with Crippen LogP contribution < -0.4 is 10.2 Å². The number of hydrogen-bond donors (Lipinski definition) is 2. The Labute approximate surface area is 121 Å². The first-order valence-corrected chi connectivity index (χ1v) is 7.12. The molecule has 0 radical (unpaired) electrons. The van der Waals surface area contributed by atoms with Crippen LogP contribution in [0.4, 0.5) is 10.1 Å². The quantitative estimate of drug-likeness (QED) is 0.842. The average Bonchev–Trinajstić information content (AvgIpc) is 2.40. The van der Waals surface area contributed by atoms with E-state index in [9.17, 15) is 9.50 Å². The molecule has 20 heavy (non-hydrogen) atoms. The molecule has 0 aliphatic rings. The molecule has 3 nitrogen and oxygen atoms in total. The van der Waals surface area contributed by atoms with Crippen molar-refractivity contribution in [3.63, 3.8) is 0 Å². The van der Waals surface area contributed by atoms with Crippen molar-refractivity contribution in [1.29, 1.82) is 0 Å². The highest BCUT2D eigenvalue weighted by Crippen LogP contribution is 2.32. The van der Waals surface area contributed by atoms with Crippen molar-refractivity contribution in [2.75, 3.05) is 25.1 Å². The number of likely N-dealkylation sites (N-methyl/N-ethyl adjacent to an activating group) is 1. The minimum Gasteiger partial charge on any atom is -0.394 e. The van der Waals surface area contributed by atoms with Gasteiger partial charge in [0.25, 0.3) is 0 Å². The van der Waals surface area contributed by atoms with Gasteiger partial charge in [-0.1, -0.05) is 6.92 Å². The lowest BCUT2D eigenvalue weighted by Gasteiger charge is -2.38. The van der Waals surface area contributed by atoms with Crippen LogP contribution in [0.5, 0.6) is 0 Å². The van der Waals surface area contributed by atoms with Crippen molar-refractivity contribution in [3.05, 3.63) is 29.1 Å². The Kier molecular flexibility index (Phi) is 5.54. The van der Waals surface area contributed by atoms with E-state index in [-0.39, 0.29) is 18.5 Å². The second-order valence-corrected chi connectivity index (χ2v) is 5.97. The van der Waals surface area contributed by atoms with Crippen molar-refractivity contribution in [3.8, 4) is 0 Å². The van der Waals surface area contributed by atoms with Crippen LogP contribution in [-0.2, 0) is 0 Å². The van der Waals surface area contributed by atoms with Crippen molar-refractivity contribution in [2.24, 2.45) is 0 Å². The van der Waals surface area contributed by atoms with Crippen molar-refractivity contribution >= 4 is 5.69 Å². The van der Waals surface area contributed by atoms with Gasteiger partial charge in [-0.25, -0.2) is 4.39 Å². The second-order valence-electron chi connectivity index (χ2n) is 5.97. The normalized spacial score (nSPS) is 13.4. The molecule has 0 fully saturated rings. The summed E-state index contributed by atoms with van der Waals surface area (Å²) in [5.41, 5.74) is 2.09. The molecule has 1 rings (SSSR count). The molecule has 0 heterocycles. The number of aryl methyl sites for hydroxylation is 1. The van der Waals surface area contributed by atoms with Crippen molar-refractivity contribution in [2.45, 2.75) is 46.2 Å². The lowest BCUT2D eigenvalue weighted by Crippen LogP contribution is -2.45. The topological polar surface area (TPSA) is 35.5 Å². The van der Waals surface area contributed by atoms with Crippen LogP contribution in [0.1, 0.15) is 44.9 Å². The number of halogens is 1. The van der Waals surface area contributed by atoms with Crippen LogP contribution in [0.15, 0.2) is 12.1 Å². The average molecular weight is 282 g/mol. The van der Waals surface area contributed by atoms with E-state index in [1.165, 1.54) is 0 Å². The maximum absolute atomic E-state index is 13.9. The fourth-order valence-electron chi connectivity index (χ4n) is 2.17. The predicted octanol–water partition coefficient (Wildman–Crippen LogP) is 3.01. The summed E-state index contributed by atoms with van der Waals surface area (Å²) in [6.07, 6.45) is 0. The molecular weight excluding hydrogens is 255 g/mol. The monoisotopic (exact) mass is 282 g/mol. The molecule has 0 bridgehead atoms. The molecule has 0 saturated carbocycles. The standard InChI is InChI=1S/C16H27FN2O/c1-7-18-12(3)13-9-14(17)11(2)8-15(13)19(6)16(4,5)10-20/h8-9,12,18,20H,7,10H2,1-6H3. The maximum atomic E-state index is 13.9. The summed E-state index contributed by atoms with van der Waals surface area (Å²) in [4.78, 5) is 2.02. The fourth-order valence-corrected chi connectivity index (χ4v) is 2.17. The van der Waals surface area contributed by atoms with Crippen LogP contribution in [-0.4, -0.2) is 30.8 Å². The maximum Gasteiger partial charge on any atom is 0.126 e. The first-order valence-electron chi connectivity index (χ1n) is 7.12. The molecule has 1 aromatic carbocycles. The van der Waals surface area contributed by atoms with Gasteiger partial charge >= 0.3 is 0 Å². The summed E-state index contributed by atoms with van der Waals surface area (Å²) in [7, 11) is 1.94. The molecule has 2 N–H and O–H groups in total. The van der Waals surface area contributed by atoms with E-state index in [0.29, 0.717) is 5.56 Å². The Balaban J connectivity index is 3.32. The van der Waals surface area contributed by atoms with E-state index in [1.807, 2.05) is 45.7 Å². The zero-order chi connectivity index (χ0) is 15.5. The number of nitrogens with one attached hydrogen (secondary N) is 1. The molecule has 4 heteroatoms. The zero-order valence-corrected chi connectivity index (χ0v) is 13.4. The highest BCUT2D eigenvalue weighted by Gasteiger charge is 2.26. The predicted molar refractivity (Wildman–Crippen MR) is 82.8 cm³/mol. The highest BCUT2D eigenvalue weighted by molar-refractivity contribution is 5.58. The number of rotatable bonds is 6. The number of nitrogens with zero attached hydrogens (tertiary/aromatic N) is 1. The Morgan fingerprint density at radius 2 is 2.00 bits per heavy atom. The summed E-state index contributed by atoms with van der Waals surface area (Å²) in [6.45, 7) is 10.6. The minimum absolute atomic E-state index is 0.0367. The third-order valence-electron chi connectivity index (χ3n) is 3.94. The third-order valence-corrected chi connectivity index (χ3v) is 3.94. The Morgan fingerprint density at radius 3 is 2.50 bits per heavy atom. The van der Waals surface area contributed by atoms with E-state index in [4.69, 9.17) is 0 Å². The molecule has 1 aromatic rings. The second kappa shape index (κ2) is 6.55. The number of anilines is 1. The van der Waals surface area contributed by atoms with Gasteiger partial charge in [0.2, 0.25) is 0 Å². The Morgan fingerprint density at radius 1 is 1.40 bits per heavy atom. The van der Waals surface area contributed by atoms with E-state index in [1.54, 1.807) is 13.0 Å². The highest BCUT2D eigenvalue weighted by atomic mass is 19.1. The minimum atomic E-state index is -0.398. The molecule has 1 atom stereocenters. The summed E-state index contributed by atoms with van der Waals surface area (Å²) < 4.78 is 13.9. The summed E-state index contributed by atoms with van der Waals surface area (Å²) in [5, 5.41) is 12.9. The summed E-state index contributed by atoms with van der Waals surface area (Å²) in [6, 6.07) is 3.51. The van der Waals surface area contributed by atoms with Crippen LogP contribution in [0.2, 0.25) is 0 Å². The molecule has 0 aliphatic carbocycles. The lowest BCUT2D eigenvalue weighted by molar-refractivity contribution is 0.216. The molecule has 0 aliphatic heterocycles. The van der Waals surface area contributed by atoms with Gasteiger partial charge in [-0.05, 0) is 57.5 Å². The van der Waals surface area contributed by atoms with Gasteiger partial charge in [-0.3, -0.25) is 0 Å². The van der Waals surface area contributed by atoms with E-state index >= 15 is 0 Å². The first-order chi connectivity index (χ1) is 9.24. The molecule has 0 saturated heterocycles. The number of benzene rings is 1. The lowest BCUT2D eigenvalue weighted by atomic mass is 9.97. The van der Waals surface area contributed by atoms with Gasteiger partial charge < -0.3 is 15.3 Å². The summed E-state index contributed by atoms with van der Waals surface area (Å²) in [5.74, 6) is -0.191. The molecule has 0 amide bonds. The van der Waals surface area contributed by atoms with E-state index in [2.05, 4.69) is 5.32 Å². The van der Waals surface area contributed by atoms with E-state index < -0.39 is 5.54 Å². The van der Waals surface area contributed by atoms with E-state index in [0.717, 1.165) is 17.8 Å². The van der Waals surface area contributed by atoms with Crippen LogP contribution in [0, 0.1) is 12.7 Å². The number of hydrogen-bond acceptors (Lipinski definition) is 3. The van der Waals surface area contributed by atoms with Crippen LogP contribution in [0.25, 0.3) is 0 Å². The molecule has 0 spiro atoms.